The quantitative estimate of drug-likeness (QED) is 0.839. The van der Waals surface area contributed by atoms with Crippen LogP contribution in [0.1, 0.15) is 5.56 Å². The van der Waals surface area contributed by atoms with Crippen LogP contribution >= 0.6 is 0 Å². The van der Waals surface area contributed by atoms with Gasteiger partial charge in [0, 0.05) is 5.56 Å². The molecule has 0 radical (unpaired) electrons. The Morgan fingerprint density at radius 2 is 2.21 bits per heavy atom. The Labute approximate surface area is 110 Å². The zero-order valence-corrected chi connectivity index (χ0v) is 10.6. The summed E-state index contributed by atoms with van der Waals surface area (Å²) in [4.78, 5) is 15.7. The van der Waals surface area contributed by atoms with Crippen molar-refractivity contribution in [3.05, 3.63) is 30.1 Å². The maximum Gasteiger partial charge on any atom is 0.231 e. The number of benzene rings is 1. The zero-order valence-electron chi connectivity index (χ0n) is 10.6. The molecule has 0 bridgehead atoms. The summed E-state index contributed by atoms with van der Waals surface area (Å²) in [7, 11) is 3.12. The third-order valence-electron chi connectivity index (χ3n) is 2.51. The monoisotopic (exact) mass is 262 g/mol. The number of anilines is 1. The van der Waals surface area contributed by atoms with E-state index >= 15 is 0 Å². The van der Waals surface area contributed by atoms with Gasteiger partial charge < -0.3 is 9.47 Å². The van der Waals surface area contributed by atoms with E-state index in [0.717, 1.165) is 5.56 Å². The van der Waals surface area contributed by atoms with Crippen LogP contribution in [0.15, 0.2) is 24.5 Å². The average molecular weight is 262 g/mol. The van der Waals surface area contributed by atoms with Gasteiger partial charge in [-0.1, -0.05) is 0 Å². The number of nitrogens with zero attached hydrogens (tertiary/aromatic N) is 2. The van der Waals surface area contributed by atoms with E-state index in [0.29, 0.717) is 17.4 Å². The molecule has 1 aromatic carbocycles. The number of hydrogen-bond acceptors (Lipinski definition) is 5. The smallest absolute Gasteiger partial charge is 0.231 e. The van der Waals surface area contributed by atoms with Gasteiger partial charge in [0.1, 0.15) is 17.8 Å². The Morgan fingerprint density at radius 1 is 1.37 bits per heavy atom. The minimum Gasteiger partial charge on any atom is -0.497 e. The predicted octanol–water partition coefficient (Wildman–Crippen LogP) is 1.00. The first-order chi connectivity index (χ1) is 9.22. The molecule has 7 nitrogen and oxygen atoms in total. The predicted molar refractivity (Wildman–Crippen MR) is 68.3 cm³/mol. The number of carbonyl (C=O) groups excluding carboxylic acids is 1. The van der Waals surface area contributed by atoms with Gasteiger partial charge in [0.05, 0.1) is 20.6 Å². The minimum absolute atomic E-state index is 0.154. The molecule has 0 atom stereocenters. The first kappa shape index (κ1) is 12.9. The molecule has 0 aliphatic carbocycles. The summed E-state index contributed by atoms with van der Waals surface area (Å²) in [5, 5.41) is 8.80. The van der Waals surface area contributed by atoms with Crippen LogP contribution in [0.25, 0.3) is 0 Å². The third-order valence-corrected chi connectivity index (χ3v) is 2.51. The summed E-state index contributed by atoms with van der Waals surface area (Å²) < 4.78 is 10.3. The Kier molecular flexibility index (Phi) is 3.97. The van der Waals surface area contributed by atoms with Gasteiger partial charge >= 0.3 is 0 Å². The van der Waals surface area contributed by atoms with Crippen LogP contribution < -0.4 is 14.8 Å². The average Bonchev–Trinajstić information content (AvgIpc) is 2.91. The lowest BCUT2D eigenvalue weighted by Crippen LogP contribution is -2.16. The molecule has 2 N–H and O–H groups in total. The second-order valence-corrected chi connectivity index (χ2v) is 3.74. The molecule has 0 saturated carbocycles. The summed E-state index contributed by atoms with van der Waals surface area (Å²) in [6.45, 7) is 0. The number of ether oxygens (including phenoxy) is 2. The Bertz CT molecular complexity index is 554. The molecule has 0 aliphatic rings. The molecular formula is C12H14N4O3. The van der Waals surface area contributed by atoms with Gasteiger partial charge in [-0.15, -0.1) is 0 Å². The molecule has 0 unspecified atom stereocenters. The Balaban J connectivity index is 2.10. The molecular weight excluding hydrogens is 248 g/mol. The molecule has 0 fully saturated rings. The molecule has 19 heavy (non-hydrogen) atoms. The fourth-order valence-corrected chi connectivity index (χ4v) is 1.64. The van der Waals surface area contributed by atoms with Gasteiger partial charge in [0.15, 0.2) is 0 Å². The van der Waals surface area contributed by atoms with E-state index < -0.39 is 0 Å². The lowest BCUT2D eigenvalue weighted by atomic mass is 10.1. The number of hydrogen-bond donors (Lipinski definition) is 2. The second kappa shape index (κ2) is 5.85. The van der Waals surface area contributed by atoms with Crippen molar-refractivity contribution in [1.29, 1.82) is 0 Å². The molecule has 1 heterocycles. The van der Waals surface area contributed by atoms with E-state index in [1.165, 1.54) is 6.33 Å². The van der Waals surface area contributed by atoms with Crippen LogP contribution in [-0.4, -0.2) is 35.3 Å². The summed E-state index contributed by atoms with van der Waals surface area (Å²) in [6, 6.07) is 5.30. The SMILES string of the molecule is COc1ccc(OC)c(CC(=O)Nc2ncn[nH]2)c1. The molecule has 1 amide bonds. The van der Waals surface area contributed by atoms with Crippen molar-refractivity contribution in [2.24, 2.45) is 0 Å². The van der Waals surface area contributed by atoms with Crippen molar-refractivity contribution in [1.82, 2.24) is 15.2 Å². The number of methoxy groups -OCH3 is 2. The molecule has 2 aromatic rings. The largest absolute Gasteiger partial charge is 0.497 e. The summed E-state index contributed by atoms with van der Waals surface area (Å²) in [5.74, 6) is 1.40. The number of aromatic amines is 1. The van der Waals surface area contributed by atoms with Crippen LogP contribution in [-0.2, 0) is 11.2 Å². The van der Waals surface area contributed by atoms with E-state index in [2.05, 4.69) is 20.5 Å². The van der Waals surface area contributed by atoms with E-state index in [1.807, 2.05) is 0 Å². The van der Waals surface area contributed by atoms with Crippen molar-refractivity contribution in [3.8, 4) is 11.5 Å². The van der Waals surface area contributed by atoms with E-state index in [4.69, 9.17) is 9.47 Å². The Morgan fingerprint density at radius 3 is 2.84 bits per heavy atom. The number of H-pyrrole nitrogens is 1. The molecule has 0 spiro atoms. The highest BCUT2D eigenvalue weighted by atomic mass is 16.5. The highest BCUT2D eigenvalue weighted by molar-refractivity contribution is 5.91. The number of rotatable bonds is 5. The maximum atomic E-state index is 11.9. The van der Waals surface area contributed by atoms with Gasteiger partial charge in [-0.05, 0) is 18.2 Å². The zero-order chi connectivity index (χ0) is 13.7. The molecule has 100 valence electrons. The van der Waals surface area contributed by atoms with E-state index in [1.54, 1.807) is 32.4 Å². The van der Waals surface area contributed by atoms with Gasteiger partial charge in [0.2, 0.25) is 11.9 Å². The fraction of sp³-hybridized carbons (Fsp3) is 0.250. The first-order valence-electron chi connectivity index (χ1n) is 5.59. The topological polar surface area (TPSA) is 89.1 Å². The molecule has 1 aromatic heterocycles. The van der Waals surface area contributed by atoms with Crippen molar-refractivity contribution in [3.63, 3.8) is 0 Å². The van der Waals surface area contributed by atoms with E-state index in [9.17, 15) is 4.79 Å². The van der Waals surface area contributed by atoms with Gasteiger partial charge in [0.25, 0.3) is 0 Å². The van der Waals surface area contributed by atoms with Crippen LogP contribution in [0.4, 0.5) is 5.95 Å². The van der Waals surface area contributed by atoms with Crippen LogP contribution in [0.2, 0.25) is 0 Å². The first-order valence-corrected chi connectivity index (χ1v) is 5.59. The van der Waals surface area contributed by atoms with Gasteiger partial charge in [-0.25, -0.2) is 5.10 Å². The summed E-state index contributed by atoms with van der Waals surface area (Å²) in [6.07, 6.45) is 1.48. The lowest BCUT2D eigenvalue weighted by molar-refractivity contribution is -0.115. The number of nitrogens with one attached hydrogen (secondary N) is 2. The van der Waals surface area contributed by atoms with Gasteiger partial charge in [-0.2, -0.15) is 10.1 Å². The molecule has 7 heteroatoms. The molecule has 0 aliphatic heterocycles. The summed E-state index contributed by atoms with van der Waals surface area (Å²) in [5.41, 5.74) is 0.735. The molecule has 2 rings (SSSR count). The number of carbonyl (C=O) groups is 1. The van der Waals surface area contributed by atoms with Crippen molar-refractivity contribution < 1.29 is 14.3 Å². The number of aromatic nitrogens is 3. The van der Waals surface area contributed by atoms with Crippen molar-refractivity contribution in [2.45, 2.75) is 6.42 Å². The van der Waals surface area contributed by atoms with Crippen LogP contribution in [0, 0.1) is 0 Å². The molecule has 0 saturated heterocycles. The van der Waals surface area contributed by atoms with Crippen LogP contribution in [0.3, 0.4) is 0 Å². The normalized spacial score (nSPS) is 10.0. The van der Waals surface area contributed by atoms with E-state index in [-0.39, 0.29) is 12.3 Å². The highest BCUT2D eigenvalue weighted by Gasteiger charge is 2.11. The fourth-order valence-electron chi connectivity index (χ4n) is 1.64. The third kappa shape index (κ3) is 3.21. The lowest BCUT2D eigenvalue weighted by Gasteiger charge is -2.10. The summed E-state index contributed by atoms with van der Waals surface area (Å²) >= 11 is 0. The maximum absolute atomic E-state index is 11.9. The van der Waals surface area contributed by atoms with Gasteiger partial charge in [-0.3, -0.25) is 10.1 Å². The standard InChI is InChI=1S/C12H14N4O3/c1-18-9-3-4-10(19-2)8(5-9)6-11(17)15-12-13-7-14-16-12/h3-5,7H,6H2,1-2H3,(H2,13,14,15,16,17). The number of amides is 1. The van der Waals surface area contributed by atoms with Crippen molar-refractivity contribution in [2.75, 3.05) is 19.5 Å². The second-order valence-electron chi connectivity index (χ2n) is 3.74. The van der Waals surface area contributed by atoms with Crippen molar-refractivity contribution >= 4 is 11.9 Å². The highest BCUT2D eigenvalue weighted by Crippen LogP contribution is 2.24. The Hall–Kier alpha value is -2.57. The minimum atomic E-state index is -0.219. The van der Waals surface area contributed by atoms with Crippen LogP contribution in [0.5, 0.6) is 11.5 Å².